The zero-order valence-electron chi connectivity index (χ0n) is 25.7. The third-order valence-corrected chi connectivity index (χ3v) is 8.46. The van der Waals surface area contributed by atoms with Gasteiger partial charge in [0.2, 0.25) is 5.88 Å². The maximum atomic E-state index is 12.7. The Morgan fingerprint density at radius 2 is 1.86 bits per heavy atom. The maximum Gasteiger partial charge on any atom is 0.214 e. The van der Waals surface area contributed by atoms with Gasteiger partial charge in [0.05, 0.1) is 29.9 Å². The number of hydrazone groups is 1. The van der Waals surface area contributed by atoms with Gasteiger partial charge in [0.1, 0.15) is 5.75 Å². The molecule has 0 aliphatic carbocycles. The van der Waals surface area contributed by atoms with E-state index < -0.39 is 5.60 Å². The molecule has 1 fully saturated rings. The molecule has 0 radical (unpaired) electrons. The van der Waals surface area contributed by atoms with Crippen molar-refractivity contribution in [3.63, 3.8) is 0 Å². The number of hydrogen-bond acceptors (Lipinski definition) is 7. The van der Waals surface area contributed by atoms with E-state index >= 15 is 0 Å². The first kappa shape index (κ1) is 30.6. The van der Waals surface area contributed by atoms with Gasteiger partial charge < -0.3 is 19.9 Å². The van der Waals surface area contributed by atoms with Crippen molar-refractivity contribution < 1.29 is 14.6 Å². The molecule has 6 rings (SSSR count). The Labute approximate surface area is 259 Å². The van der Waals surface area contributed by atoms with Crippen LogP contribution in [0.3, 0.4) is 0 Å². The second kappa shape index (κ2) is 12.8. The van der Waals surface area contributed by atoms with E-state index in [1.807, 2.05) is 77.1 Å². The van der Waals surface area contributed by atoms with Crippen LogP contribution in [-0.4, -0.2) is 41.1 Å². The second-order valence-corrected chi connectivity index (χ2v) is 11.4. The number of rotatable bonds is 5. The first-order chi connectivity index (χ1) is 20.8. The molecule has 8 heteroatoms. The van der Waals surface area contributed by atoms with Crippen LogP contribution in [0.15, 0.2) is 71.8 Å². The van der Waals surface area contributed by atoms with Crippen molar-refractivity contribution in [3.8, 4) is 22.8 Å². The molecule has 2 aliphatic heterocycles. The average Bonchev–Trinajstić information content (AvgIpc) is 3.88. The van der Waals surface area contributed by atoms with Crippen LogP contribution in [-0.2, 0) is 12.0 Å². The maximum absolute atomic E-state index is 12.7. The summed E-state index contributed by atoms with van der Waals surface area (Å²) in [6, 6.07) is 22.5. The van der Waals surface area contributed by atoms with Gasteiger partial charge in [0, 0.05) is 41.9 Å². The van der Waals surface area contributed by atoms with Crippen molar-refractivity contribution in [1.82, 2.24) is 15.7 Å². The number of nitrogens with zero attached hydrogens (tertiary/aromatic N) is 2. The van der Waals surface area contributed by atoms with Crippen molar-refractivity contribution in [1.29, 1.82) is 0 Å². The summed E-state index contributed by atoms with van der Waals surface area (Å²) in [4.78, 5) is 5.32. The van der Waals surface area contributed by atoms with Crippen molar-refractivity contribution in [2.45, 2.75) is 52.7 Å². The number of aliphatic hydroxyl groups is 1. The molecule has 0 amide bonds. The fourth-order valence-electron chi connectivity index (χ4n) is 5.33. The number of methoxy groups -OCH3 is 1. The molecule has 7 nitrogen and oxygen atoms in total. The number of nitrogens with one attached hydrogen (secondary N) is 2. The van der Waals surface area contributed by atoms with Gasteiger partial charge >= 0.3 is 0 Å². The lowest BCUT2D eigenvalue weighted by atomic mass is 9.81. The average molecular weight is 597 g/mol. The van der Waals surface area contributed by atoms with Crippen LogP contribution in [0.5, 0.6) is 11.6 Å². The van der Waals surface area contributed by atoms with Gasteiger partial charge in [0.15, 0.2) is 5.60 Å². The quantitative estimate of drug-likeness (QED) is 0.102. The molecule has 3 N–H and O–H groups in total. The fourth-order valence-corrected chi connectivity index (χ4v) is 5.37. The monoisotopic (exact) mass is 596 g/mol. The highest BCUT2D eigenvalue weighted by molar-refractivity contribution is 7.80. The van der Waals surface area contributed by atoms with Crippen LogP contribution in [0, 0.1) is 5.92 Å². The minimum absolute atomic E-state index is 0.116. The molecule has 3 heterocycles. The predicted octanol–water partition coefficient (Wildman–Crippen LogP) is 6.70. The molecule has 6 bridgehead atoms. The van der Waals surface area contributed by atoms with Gasteiger partial charge in [-0.3, -0.25) is 5.43 Å². The number of benzene rings is 3. The van der Waals surface area contributed by atoms with Crippen LogP contribution in [0.2, 0.25) is 0 Å². The van der Waals surface area contributed by atoms with Crippen LogP contribution in [0.4, 0.5) is 0 Å². The van der Waals surface area contributed by atoms with E-state index in [1.54, 1.807) is 7.11 Å². The van der Waals surface area contributed by atoms with E-state index in [2.05, 4.69) is 40.1 Å². The SMILES string of the molecule is CC.COc1cc2c3cc(ccc3n1)C(O)(/C(C)=N/NC(=S)C(C)C)c1ccc(C3CN3)c(c1)OCCc1cccc-2c1. The van der Waals surface area contributed by atoms with Crippen LogP contribution >= 0.6 is 12.2 Å². The number of fused-ring (bicyclic) bond motifs is 6. The molecule has 1 saturated heterocycles. The molecule has 1 aromatic heterocycles. The Morgan fingerprint density at radius 1 is 1.12 bits per heavy atom. The molecule has 0 saturated carbocycles. The standard InChI is InChI=1S/C33H34N4O3S.C2H6/c1-19(2)32(41)37-36-20(3)33(38)23-9-11-28-27(15-23)26(17-31(35-28)39-4)22-7-5-6-21(14-22)12-13-40-30-16-24(33)8-10-25(30)29-18-34-29;1-2/h5-11,14-17,19,29,34,38H,12-13,18H2,1-4H3,(H,37,41);1-2H3/b36-20+;. The molecule has 224 valence electrons. The second-order valence-electron chi connectivity index (χ2n) is 11.0. The summed E-state index contributed by atoms with van der Waals surface area (Å²) < 4.78 is 12.0. The highest BCUT2D eigenvalue weighted by Gasteiger charge is 2.38. The minimum atomic E-state index is -1.58. The van der Waals surface area contributed by atoms with Gasteiger partial charge in [-0.05, 0) is 52.9 Å². The zero-order valence-corrected chi connectivity index (χ0v) is 26.5. The summed E-state index contributed by atoms with van der Waals surface area (Å²) in [7, 11) is 1.62. The van der Waals surface area contributed by atoms with Gasteiger partial charge in [-0.1, -0.05) is 82.4 Å². The Bertz CT molecular complexity index is 1680. The van der Waals surface area contributed by atoms with Gasteiger partial charge in [-0.2, -0.15) is 5.10 Å². The Morgan fingerprint density at radius 3 is 2.58 bits per heavy atom. The summed E-state index contributed by atoms with van der Waals surface area (Å²) in [5.74, 6) is 1.41. The van der Waals surface area contributed by atoms with E-state index in [-0.39, 0.29) is 12.0 Å². The Hall–Kier alpha value is -3.85. The lowest BCUT2D eigenvalue weighted by molar-refractivity contribution is 0.154. The molecule has 43 heavy (non-hydrogen) atoms. The summed E-state index contributed by atoms with van der Waals surface area (Å²) in [6.45, 7) is 11.2. The van der Waals surface area contributed by atoms with Crippen molar-refractivity contribution in [3.05, 3.63) is 89.0 Å². The van der Waals surface area contributed by atoms with Crippen molar-refractivity contribution >= 4 is 33.8 Å². The summed E-state index contributed by atoms with van der Waals surface area (Å²) in [6.07, 6.45) is 0.738. The largest absolute Gasteiger partial charge is 0.493 e. The number of pyridine rings is 1. The summed E-state index contributed by atoms with van der Waals surface area (Å²) >= 11 is 5.48. The molecule has 0 spiro atoms. The highest BCUT2D eigenvalue weighted by atomic mass is 32.1. The molecular weight excluding hydrogens is 556 g/mol. The fraction of sp³-hybridized carbons (Fsp3) is 0.343. The molecule has 2 aliphatic rings. The summed E-state index contributed by atoms with van der Waals surface area (Å²) in [5.41, 5.74) is 8.24. The van der Waals surface area contributed by atoms with Crippen LogP contribution in [0.1, 0.15) is 62.9 Å². The highest BCUT2D eigenvalue weighted by Crippen LogP contribution is 2.41. The normalized spacial score (nSPS) is 19.2. The smallest absolute Gasteiger partial charge is 0.214 e. The molecule has 4 aromatic rings. The predicted molar refractivity (Wildman–Crippen MR) is 178 cm³/mol. The lowest BCUT2D eigenvalue weighted by Crippen LogP contribution is -2.37. The Kier molecular flexibility index (Phi) is 9.11. The first-order valence-electron chi connectivity index (χ1n) is 14.9. The van der Waals surface area contributed by atoms with E-state index in [9.17, 15) is 5.11 Å². The minimum Gasteiger partial charge on any atom is -0.493 e. The lowest BCUT2D eigenvalue weighted by Gasteiger charge is -2.31. The molecule has 2 atom stereocenters. The van der Waals surface area contributed by atoms with Crippen LogP contribution in [0.25, 0.3) is 22.0 Å². The molecule has 2 unspecified atom stereocenters. The van der Waals surface area contributed by atoms with Crippen molar-refractivity contribution in [2.75, 3.05) is 20.3 Å². The van der Waals surface area contributed by atoms with E-state index in [4.69, 9.17) is 26.7 Å². The third kappa shape index (κ3) is 6.13. The van der Waals surface area contributed by atoms with Gasteiger partial charge in [0.25, 0.3) is 0 Å². The van der Waals surface area contributed by atoms with E-state index in [0.717, 1.165) is 46.3 Å². The van der Waals surface area contributed by atoms with Crippen LogP contribution < -0.4 is 20.2 Å². The molecule has 3 aromatic carbocycles. The Balaban J connectivity index is 0.00000180. The van der Waals surface area contributed by atoms with Gasteiger partial charge in [-0.15, -0.1) is 0 Å². The number of aromatic nitrogens is 1. The van der Waals surface area contributed by atoms with Gasteiger partial charge in [-0.25, -0.2) is 4.98 Å². The molecular formula is C35H40N4O3S. The first-order valence-corrected chi connectivity index (χ1v) is 15.3. The van der Waals surface area contributed by atoms with E-state index in [1.165, 1.54) is 5.56 Å². The van der Waals surface area contributed by atoms with E-state index in [0.29, 0.717) is 34.3 Å². The topological polar surface area (TPSA) is 97.9 Å². The van der Waals surface area contributed by atoms with Crippen molar-refractivity contribution in [2.24, 2.45) is 11.0 Å². The number of ether oxygens (including phenoxy) is 2. The summed E-state index contributed by atoms with van der Waals surface area (Å²) in [5, 5.41) is 21.6. The zero-order chi connectivity index (χ0) is 30.7. The number of thiocarbonyl (C=S) groups is 1. The number of hydrogen-bond donors (Lipinski definition) is 3. The third-order valence-electron chi connectivity index (χ3n) is 7.90.